The highest BCUT2D eigenvalue weighted by atomic mass is 79.9. The Balaban J connectivity index is 2.35. The molecule has 0 saturated heterocycles. The Morgan fingerprint density at radius 2 is 1.56 bits per heavy atom. The van der Waals surface area contributed by atoms with Crippen molar-refractivity contribution in [3.8, 4) is 5.75 Å². The Labute approximate surface area is 111 Å². The fourth-order valence-corrected chi connectivity index (χ4v) is 2.36. The van der Waals surface area contributed by atoms with E-state index in [0.717, 1.165) is 20.1 Å². The van der Waals surface area contributed by atoms with Crippen molar-refractivity contribution in [2.75, 3.05) is 0 Å². The maximum atomic E-state index is 9.70. The molecule has 0 unspecified atom stereocenters. The van der Waals surface area contributed by atoms with Crippen LogP contribution in [0, 0.1) is 0 Å². The molecule has 2 aromatic carbocycles. The van der Waals surface area contributed by atoms with Gasteiger partial charge in [-0.2, -0.15) is 0 Å². The predicted molar refractivity (Wildman–Crippen MR) is 72.8 cm³/mol. The molecule has 3 heteroatoms. The molecule has 82 valence electrons. The summed E-state index contributed by atoms with van der Waals surface area (Å²) in [6.07, 6.45) is 0.715. The van der Waals surface area contributed by atoms with Crippen molar-refractivity contribution >= 4 is 31.9 Å². The molecule has 0 spiro atoms. The summed E-state index contributed by atoms with van der Waals surface area (Å²) in [7, 11) is 0. The Morgan fingerprint density at radius 3 is 2.31 bits per heavy atom. The molecule has 0 saturated carbocycles. The first kappa shape index (κ1) is 11.7. The summed E-state index contributed by atoms with van der Waals surface area (Å²) in [4.78, 5) is 0. The van der Waals surface area contributed by atoms with Crippen LogP contribution < -0.4 is 0 Å². The van der Waals surface area contributed by atoms with Gasteiger partial charge in [-0.05, 0) is 55.1 Å². The number of aromatic hydroxyl groups is 1. The van der Waals surface area contributed by atoms with E-state index in [1.165, 1.54) is 0 Å². The smallest absolute Gasteiger partial charge is 0.119 e. The summed E-state index contributed by atoms with van der Waals surface area (Å²) in [5, 5.41) is 9.70. The van der Waals surface area contributed by atoms with Crippen LogP contribution in [0.15, 0.2) is 51.4 Å². The lowest BCUT2D eigenvalue weighted by Gasteiger charge is -2.07. The van der Waals surface area contributed by atoms with Gasteiger partial charge in [0.1, 0.15) is 5.75 Å². The zero-order chi connectivity index (χ0) is 11.5. The summed E-state index contributed by atoms with van der Waals surface area (Å²) in [5.41, 5.74) is 2.08. The monoisotopic (exact) mass is 340 g/mol. The fraction of sp³-hybridized carbons (Fsp3) is 0.0769. The first-order valence-corrected chi connectivity index (χ1v) is 6.47. The SMILES string of the molecule is Oc1ccccc1Cc1cccc(Br)c1Br. The number of hydrogen-bond acceptors (Lipinski definition) is 1. The average Bonchev–Trinajstić information content (AvgIpc) is 2.28. The van der Waals surface area contributed by atoms with Crippen molar-refractivity contribution < 1.29 is 5.11 Å². The van der Waals surface area contributed by atoms with Crippen LogP contribution >= 0.6 is 31.9 Å². The van der Waals surface area contributed by atoms with Gasteiger partial charge in [-0.25, -0.2) is 0 Å². The molecule has 16 heavy (non-hydrogen) atoms. The highest BCUT2D eigenvalue weighted by Gasteiger charge is 2.06. The first-order valence-electron chi connectivity index (χ1n) is 4.88. The Hall–Kier alpha value is -0.800. The van der Waals surface area contributed by atoms with Crippen LogP contribution in [-0.4, -0.2) is 5.11 Å². The molecule has 0 amide bonds. The highest BCUT2D eigenvalue weighted by molar-refractivity contribution is 9.13. The average molecular weight is 342 g/mol. The van der Waals surface area contributed by atoms with E-state index in [-0.39, 0.29) is 0 Å². The van der Waals surface area contributed by atoms with Gasteiger partial charge in [0.2, 0.25) is 0 Å². The molecule has 0 aliphatic carbocycles. The molecule has 0 bridgehead atoms. The quantitative estimate of drug-likeness (QED) is 0.852. The van der Waals surface area contributed by atoms with Crippen LogP contribution in [0.1, 0.15) is 11.1 Å². The summed E-state index contributed by atoms with van der Waals surface area (Å²) in [5.74, 6) is 0.342. The number of para-hydroxylation sites is 1. The van der Waals surface area contributed by atoms with Crippen LogP contribution in [0.4, 0.5) is 0 Å². The van der Waals surface area contributed by atoms with Crippen molar-refractivity contribution in [3.05, 3.63) is 62.5 Å². The third-order valence-corrected chi connectivity index (χ3v) is 4.53. The molecular formula is C13H10Br2O. The summed E-state index contributed by atoms with van der Waals surface area (Å²) in [6.45, 7) is 0. The lowest BCUT2D eigenvalue weighted by molar-refractivity contribution is 0.469. The fourth-order valence-electron chi connectivity index (χ4n) is 1.55. The van der Waals surface area contributed by atoms with E-state index in [1.807, 2.05) is 36.4 Å². The van der Waals surface area contributed by atoms with Crippen molar-refractivity contribution in [2.45, 2.75) is 6.42 Å². The summed E-state index contributed by atoms with van der Waals surface area (Å²) in [6, 6.07) is 13.4. The maximum absolute atomic E-state index is 9.70. The standard InChI is InChI=1S/C13H10Br2O/c14-11-6-3-5-10(13(11)15)8-9-4-1-2-7-12(9)16/h1-7,16H,8H2. The van der Waals surface area contributed by atoms with E-state index in [4.69, 9.17) is 0 Å². The minimum absolute atomic E-state index is 0.342. The highest BCUT2D eigenvalue weighted by Crippen LogP contribution is 2.29. The Morgan fingerprint density at radius 1 is 0.875 bits per heavy atom. The van der Waals surface area contributed by atoms with E-state index in [2.05, 4.69) is 31.9 Å². The summed E-state index contributed by atoms with van der Waals surface area (Å²) >= 11 is 7.00. The van der Waals surface area contributed by atoms with Crippen molar-refractivity contribution in [1.29, 1.82) is 0 Å². The molecule has 0 aliphatic heterocycles. The minimum Gasteiger partial charge on any atom is -0.508 e. The molecule has 2 rings (SSSR count). The van der Waals surface area contributed by atoms with E-state index in [1.54, 1.807) is 6.07 Å². The van der Waals surface area contributed by atoms with Gasteiger partial charge >= 0.3 is 0 Å². The number of rotatable bonds is 2. The van der Waals surface area contributed by atoms with Gasteiger partial charge in [0.05, 0.1) is 0 Å². The molecule has 0 fully saturated rings. The van der Waals surface area contributed by atoms with Crippen LogP contribution in [0.3, 0.4) is 0 Å². The van der Waals surface area contributed by atoms with E-state index in [0.29, 0.717) is 12.2 Å². The van der Waals surface area contributed by atoms with Gasteiger partial charge in [-0.3, -0.25) is 0 Å². The molecule has 1 N–H and O–H groups in total. The van der Waals surface area contributed by atoms with E-state index >= 15 is 0 Å². The van der Waals surface area contributed by atoms with Gasteiger partial charge in [0.25, 0.3) is 0 Å². The topological polar surface area (TPSA) is 20.2 Å². The second kappa shape index (κ2) is 5.02. The third-order valence-electron chi connectivity index (χ3n) is 2.40. The van der Waals surface area contributed by atoms with Crippen LogP contribution in [0.2, 0.25) is 0 Å². The normalized spacial score (nSPS) is 10.4. The van der Waals surface area contributed by atoms with Crippen LogP contribution in [0.5, 0.6) is 5.75 Å². The van der Waals surface area contributed by atoms with Gasteiger partial charge < -0.3 is 5.11 Å². The van der Waals surface area contributed by atoms with Crippen molar-refractivity contribution in [1.82, 2.24) is 0 Å². The molecule has 0 radical (unpaired) electrons. The molecule has 0 aliphatic rings. The van der Waals surface area contributed by atoms with E-state index in [9.17, 15) is 5.11 Å². The molecule has 0 atom stereocenters. The number of phenols is 1. The van der Waals surface area contributed by atoms with Crippen molar-refractivity contribution in [3.63, 3.8) is 0 Å². The number of hydrogen-bond donors (Lipinski definition) is 1. The van der Waals surface area contributed by atoms with Crippen LogP contribution in [0.25, 0.3) is 0 Å². The first-order chi connectivity index (χ1) is 7.68. The van der Waals surface area contributed by atoms with Crippen LogP contribution in [-0.2, 0) is 6.42 Å². The zero-order valence-electron chi connectivity index (χ0n) is 8.45. The lowest BCUT2D eigenvalue weighted by atomic mass is 10.0. The van der Waals surface area contributed by atoms with Gasteiger partial charge in [0.15, 0.2) is 0 Å². The zero-order valence-corrected chi connectivity index (χ0v) is 11.6. The third kappa shape index (κ3) is 2.47. The van der Waals surface area contributed by atoms with Gasteiger partial charge in [0, 0.05) is 15.4 Å². The van der Waals surface area contributed by atoms with Crippen molar-refractivity contribution in [2.24, 2.45) is 0 Å². The Kier molecular flexibility index (Phi) is 3.66. The largest absolute Gasteiger partial charge is 0.508 e. The molecular weight excluding hydrogens is 332 g/mol. The number of phenolic OH excluding ortho intramolecular Hbond substituents is 1. The predicted octanol–water partition coefficient (Wildman–Crippen LogP) is 4.51. The second-order valence-corrected chi connectivity index (χ2v) is 5.17. The molecule has 0 heterocycles. The second-order valence-electron chi connectivity index (χ2n) is 3.52. The lowest BCUT2D eigenvalue weighted by Crippen LogP contribution is -1.90. The molecule has 0 aromatic heterocycles. The van der Waals surface area contributed by atoms with Gasteiger partial charge in [-0.1, -0.05) is 30.3 Å². The minimum atomic E-state index is 0.342. The number of benzene rings is 2. The summed E-state index contributed by atoms with van der Waals surface area (Å²) < 4.78 is 2.07. The Bertz CT molecular complexity index is 509. The molecule has 2 aromatic rings. The van der Waals surface area contributed by atoms with E-state index < -0.39 is 0 Å². The van der Waals surface area contributed by atoms with Gasteiger partial charge in [-0.15, -0.1) is 0 Å². The molecule has 1 nitrogen and oxygen atoms in total. The maximum Gasteiger partial charge on any atom is 0.119 e. The number of halogens is 2.